The molecule has 5 nitrogen and oxygen atoms in total. The molecule has 0 aliphatic heterocycles. The van der Waals surface area contributed by atoms with E-state index in [1.165, 1.54) is 0 Å². The maximum atomic E-state index is 11.9. The normalized spacial score (nSPS) is 10.4. The number of nitrogens with zero attached hydrogens (tertiary/aromatic N) is 2. The molecule has 1 aromatic carbocycles. The molecule has 5 heteroatoms. The van der Waals surface area contributed by atoms with Crippen LogP contribution in [-0.4, -0.2) is 35.1 Å². The predicted octanol–water partition coefficient (Wildman–Crippen LogP) is 1.48. The fraction of sp³-hybridized carbons (Fsp3) is 0.286. The van der Waals surface area contributed by atoms with Gasteiger partial charge in [0.1, 0.15) is 5.82 Å². The molecule has 1 aromatic heterocycles. The van der Waals surface area contributed by atoms with E-state index in [0.29, 0.717) is 11.4 Å². The van der Waals surface area contributed by atoms with Gasteiger partial charge in [0.2, 0.25) is 0 Å². The third-order valence-electron chi connectivity index (χ3n) is 2.91. The van der Waals surface area contributed by atoms with Gasteiger partial charge in [-0.05, 0) is 30.5 Å². The fourth-order valence-electron chi connectivity index (χ4n) is 1.90. The standard InChI is InChI=1S/C14H18N4O/c1-18(2)14(19)11-5-3-4-10(8-11)6-7-12-9-13(15)17-16-12/h3-5,8-9H,6-7H2,1-2H3,(H3,15,16,17). The largest absolute Gasteiger partial charge is 0.382 e. The van der Waals surface area contributed by atoms with Crippen molar-refractivity contribution in [1.29, 1.82) is 0 Å². The number of aromatic amines is 1. The number of anilines is 1. The van der Waals surface area contributed by atoms with Crippen molar-refractivity contribution < 1.29 is 4.79 Å². The molecule has 0 spiro atoms. The second-order valence-electron chi connectivity index (χ2n) is 4.72. The van der Waals surface area contributed by atoms with Gasteiger partial charge in [-0.3, -0.25) is 9.89 Å². The van der Waals surface area contributed by atoms with Gasteiger partial charge in [-0.15, -0.1) is 0 Å². The Kier molecular flexibility index (Phi) is 3.85. The molecule has 0 atom stereocenters. The summed E-state index contributed by atoms with van der Waals surface area (Å²) in [6.07, 6.45) is 1.67. The van der Waals surface area contributed by atoms with E-state index >= 15 is 0 Å². The molecular formula is C14H18N4O. The number of benzene rings is 1. The predicted molar refractivity (Wildman–Crippen MR) is 74.9 cm³/mol. The molecule has 3 N–H and O–H groups in total. The molecule has 0 fully saturated rings. The van der Waals surface area contributed by atoms with Gasteiger partial charge in [-0.2, -0.15) is 5.10 Å². The number of nitrogen functional groups attached to an aromatic ring is 1. The molecule has 1 heterocycles. The number of hydrogen-bond acceptors (Lipinski definition) is 3. The van der Waals surface area contributed by atoms with Crippen molar-refractivity contribution >= 4 is 11.7 Å². The number of carbonyl (C=O) groups is 1. The van der Waals surface area contributed by atoms with Crippen molar-refractivity contribution in [3.63, 3.8) is 0 Å². The lowest BCUT2D eigenvalue weighted by atomic mass is 10.0. The van der Waals surface area contributed by atoms with Gasteiger partial charge in [0.15, 0.2) is 0 Å². The minimum atomic E-state index is 0.0210. The lowest BCUT2D eigenvalue weighted by Gasteiger charge is -2.11. The van der Waals surface area contributed by atoms with Crippen LogP contribution in [0.3, 0.4) is 0 Å². The summed E-state index contributed by atoms with van der Waals surface area (Å²) in [7, 11) is 3.50. The van der Waals surface area contributed by atoms with Gasteiger partial charge in [0.05, 0.1) is 0 Å². The Morgan fingerprint density at radius 1 is 1.32 bits per heavy atom. The highest BCUT2D eigenvalue weighted by molar-refractivity contribution is 5.94. The van der Waals surface area contributed by atoms with E-state index in [2.05, 4.69) is 10.2 Å². The topological polar surface area (TPSA) is 75.0 Å². The van der Waals surface area contributed by atoms with Crippen LogP contribution in [0.1, 0.15) is 21.6 Å². The molecule has 100 valence electrons. The van der Waals surface area contributed by atoms with Crippen LogP contribution < -0.4 is 5.73 Å². The summed E-state index contributed by atoms with van der Waals surface area (Å²) in [5, 5.41) is 6.77. The van der Waals surface area contributed by atoms with E-state index in [4.69, 9.17) is 5.73 Å². The number of amides is 1. The van der Waals surface area contributed by atoms with E-state index in [1.807, 2.05) is 30.3 Å². The van der Waals surface area contributed by atoms with Crippen molar-refractivity contribution in [2.45, 2.75) is 12.8 Å². The Labute approximate surface area is 112 Å². The summed E-state index contributed by atoms with van der Waals surface area (Å²) in [5.41, 5.74) is 8.39. The van der Waals surface area contributed by atoms with E-state index < -0.39 is 0 Å². The van der Waals surface area contributed by atoms with Crippen LogP contribution in [0.2, 0.25) is 0 Å². The highest BCUT2D eigenvalue weighted by Crippen LogP contribution is 2.11. The van der Waals surface area contributed by atoms with Crippen LogP contribution in [0, 0.1) is 0 Å². The summed E-state index contributed by atoms with van der Waals surface area (Å²) < 4.78 is 0. The Morgan fingerprint density at radius 2 is 2.11 bits per heavy atom. The molecule has 0 aliphatic rings. The van der Waals surface area contributed by atoms with Crippen LogP contribution in [0.25, 0.3) is 0 Å². The molecule has 0 saturated heterocycles. The average Bonchev–Trinajstić information content (AvgIpc) is 2.81. The maximum absolute atomic E-state index is 11.9. The second kappa shape index (κ2) is 5.56. The number of hydrogen-bond donors (Lipinski definition) is 2. The van der Waals surface area contributed by atoms with Crippen LogP contribution in [0.4, 0.5) is 5.82 Å². The SMILES string of the molecule is CN(C)C(=O)c1cccc(CCc2cc(N)n[nH]2)c1. The molecular weight excluding hydrogens is 240 g/mol. The molecule has 0 bridgehead atoms. The van der Waals surface area contributed by atoms with E-state index in [-0.39, 0.29) is 5.91 Å². The molecule has 0 unspecified atom stereocenters. The van der Waals surface area contributed by atoms with Crippen molar-refractivity contribution in [2.24, 2.45) is 0 Å². The van der Waals surface area contributed by atoms with Crippen molar-refractivity contribution in [3.05, 3.63) is 47.2 Å². The first-order valence-electron chi connectivity index (χ1n) is 6.16. The number of nitrogens with one attached hydrogen (secondary N) is 1. The molecule has 2 aromatic rings. The second-order valence-corrected chi connectivity index (χ2v) is 4.72. The first-order chi connectivity index (χ1) is 9.06. The van der Waals surface area contributed by atoms with Gasteiger partial charge in [0.25, 0.3) is 5.91 Å². The zero-order valence-electron chi connectivity index (χ0n) is 11.2. The number of aromatic nitrogens is 2. The molecule has 0 radical (unpaired) electrons. The summed E-state index contributed by atoms with van der Waals surface area (Å²) in [6.45, 7) is 0. The Morgan fingerprint density at radius 3 is 2.74 bits per heavy atom. The quantitative estimate of drug-likeness (QED) is 0.872. The average molecular weight is 258 g/mol. The maximum Gasteiger partial charge on any atom is 0.253 e. The minimum Gasteiger partial charge on any atom is -0.382 e. The van der Waals surface area contributed by atoms with Gasteiger partial charge >= 0.3 is 0 Å². The summed E-state index contributed by atoms with van der Waals surface area (Å²) in [6, 6.07) is 9.52. The highest BCUT2D eigenvalue weighted by Gasteiger charge is 2.08. The summed E-state index contributed by atoms with van der Waals surface area (Å²) >= 11 is 0. The van der Waals surface area contributed by atoms with Crippen LogP contribution in [0.5, 0.6) is 0 Å². The molecule has 19 heavy (non-hydrogen) atoms. The van der Waals surface area contributed by atoms with Crippen molar-refractivity contribution in [2.75, 3.05) is 19.8 Å². The highest BCUT2D eigenvalue weighted by atomic mass is 16.2. The molecule has 0 aliphatic carbocycles. The number of nitrogens with two attached hydrogens (primary N) is 1. The summed E-state index contributed by atoms with van der Waals surface area (Å²) in [5.74, 6) is 0.527. The van der Waals surface area contributed by atoms with Gasteiger partial charge < -0.3 is 10.6 Å². The smallest absolute Gasteiger partial charge is 0.253 e. The van der Waals surface area contributed by atoms with Gasteiger partial charge in [0, 0.05) is 31.4 Å². The van der Waals surface area contributed by atoms with E-state index in [0.717, 1.165) is 24.1 Å². The molecule has 0 saturated carbocycles. The number of H-pyrrole nitrogens is 1. The lowest BCUT2D eigenvalue weighted by Crippen LogP contribution is -2.21. The van der Waals surface area contributed by atoms with Crippen molar-refractivity contribution in [3.8, 4) is 0 Å². The Balaban J connectivity index is 2.05. The zero-order chi connectivity index (χ0) is 13.8. The molecule has 1 amide bonds. The van der Waals surface area contributed by atoms with Gasteiger partial charge in [-0.1, -0.05) is 12.1 Å². The Bertz CT molecular complexity index is 574. The van der Waals surface area contributed by atoms with Crippen LogP contribution >= 0.6 is 0 Å². The van der Waals surface area contributed by atoms with Crippen LogP contribution in [0.15, 0.2) is 30.3 Å². The van der Waals surface area contributed by atoms with E-state index in [9.17, 15) is 4.79 Å². The van der Waals surface area contributed by atoms with Crippen LogP contribution in [-0.2, 0) is 12.8 Å². The monoisotopic (exact) mass is 258 g/mol. The molecule has 2 rings (SSSR count). The first kappa shape index (κ1) is 13.1. The summed E-state index contributed by atoms with van der Waals surface area (Å²) in [4.78, 5) is 13.4. The number of rotatable bonds is 4. The number of carbonyl (C=O) groups excluding carboxylic acids is 1. The third kappa shape index (κ3) is 3.34. The Hall–Kier alpha value is -2.30. The fourth-order valence-corrected chi connectivity index (χ4v) is 1.90. The zero-order valence-corrected chi connectivity index (χ0v) is 11.2. The third-order valence-corrected chi connectivity index (χ3v) is 2.91. The van der Waals surface area contributed by atoms with Crippen molar-refractivity contribution in [1.82, 2.24) is 15.1 Å². The number of aryl methyl sites for hydroxylation is 2. The van der Waals surface area contributed by atoms with Gasteiger partial charge in [-0.25, -0.2) is 0 Å². The minimum absolute atomic E-state index is 0.0210. The van der Waals surface area contributed by atoms with E-state index in [1.54, 1.807) is 19.0 Å². The lowest BCUT2D eigenvalue weighted by molar-refractivity contribution is 0.0827. The first-order valence-corrected chi connectivity index (χ1v) is 6.16.